The maximum absolute atomic E-state index is 13.0. The van der Waals surface area contributed by atoms with Crippen LogP contribution in [0.3, 0.4) is 0 Å². The molecule has 5 heteroatoms. The van der Waals surface area contributed by atoms with Gasteiger partial charge in [-0.3, -0.25) is 4.90 Å². The van der Waals surface area contributed by atoms with Gasteiger partial charge in [-0.05, 0) is 43.2 Å². The molecule has 0 aliphatic carbocycles. The largest absolute Gasteiger partial charge is 0.493 e. The average Bonchev–Trinajstić information content (AvgIpc) is 2.65. The molecule has 134 valence electrons. The van der Waals surface area contributed by atoms with Crippen molar-refractivity contribution in [2.75, 3.05) is 32.6 Å². The summed E-state index contributed by atoms with van der Waals surface area (Å²) in [5.41, 5.74) is 2.13. The van der Waals surface area contributed by atoms with Crippen molar-refractivity contribution in [1.82, 2.24) is 4.90 Å². The van der Waals surface area contributed by atoms with Gasteiger partial charge >= 0.3 is 0 Å². The van der Waals surface area contributed by atoms with Crippen LogP contribution in [0.15, 0.2) is 42.5 Å². The highest BCUT2D eigenvalue weighted by molar-refractivity contribution is 5.46. The summed E-state index contributed by atoms with van der Waals surface area (Å²) in [6, 6.07) is 13.0. The third kappa shape index (κ3) is 4.42. The molecule has 0 aromatic heterocycles. The van der Waals surface area contributed by atoms with Crippen molar-refractivity contribution in [2.24, 2.45) is 0 Å². The van der Waals surface area contributed by atoms with Gasteiger partial charge in [-0.25, -0.2) is 4.39 Å². The second-order valence-electron chi connectivity index (χ2n) is 6.35. The van der Waals surface area contributed by atoms with E-state index in [9.17, 15) is 4.39 Å². The lowest BCUT2D eigenvalue weighted by Gasteiger charge is -2.33. The molecule has 2 aromatic rings. The summed E-state index contributed by atoms with van der Waals surface area (Å²) in [4.78, 5) is 2.43. The zero-order chi connectivity index (χ0) is 17.6. The van der Waals surface area contributed by atoms with Crippen molar-refractivity contribution in [2.45, 2.75) is 25.4 Å². The van der Waals surface area contributed by atoms with E-state index in [0.29, 0.717) is 6.04 Å². The SMILES string of the molecule is COc1cccc(CN2CCC(Nc3ccc(F)cc3)CC2)c1OC. The second kappa shape index (κ2) is 8.21. The molecule has 25 heavy (non-hydrogen) atoms. The lowest BCUT2D eigenvalue weighted by molar-refractivity contribution is 0.208. The number of rotatable bonds is 6. The highest BCUT2D eigenvalue weighted by Crippen LogP contribution is 2.32. The fourth-order valence-electron chi connectivity index (χ4n) is 3.34. The second-order valence-corrected chi connectivity index (χ2v) is 6.35. The minimum absolute atomic E-state index is 0.201. The molecule has 0 bridgehead atoms. The van der Waals surface area contributed by atoms with Crippen molar-refractivity contribution in [3.8, 4) is 11.5 Å². The van der Waals surface area contributed by atoms with Crippen molar-refractivity contribution in [1.29, 1.82) is 0 Å². The van der Waals surface area contributed by atoms with E-state index in [2.05, 4.69) is 16.3 Å². The lowest BCUT2D eigenvalue weighted by Crippen LogP contribution is -2.38. The van der Waals surface area contributed by atoms with Gasteiger partial charge < -0.3 is 14.8 Å². The van der Waals surface area contributed by atoms with Gasteiger partial charge in [-0.15, -0.1) is 0 Å². The predicted octanol–water partition coefficient (Wildman–Crippen LogP) is 3.92. The number of nitrogens with one attached hydrogen (secondary N) is 1. The van der Waals surface area contributed by atoms with Crippen LogP contribution in [-0.2, 0) is 6.54 Å². The molecule has 1 aliphatic rings. The molecule has 2 aromatic carbocycles. The van der Waals surface area contributed by atoms with E-state index in [1.807, 2.05) is 12.1 Å². The number of anilines is 1. The zero-order valence-corrected chi connectivity index (χ0v) is 14.8. The molecule has 0 unspecified atom stereocenters. The maximum atomic E-state index is 13.0. The summed E-state index contributed by atoms with van der Waals surface area (Å²) >= 11 is 0. The van der Waals surface area contributed by atoms with Crippen molar-refractivity contribution < 1.29 is 13.9 Å². The van der Waals surface area contributed by atoms with Gasteiger partial charge in [0.25, 0.3) is 0 Å². The Bertz CT molecular complexity index is 683. The Morgan fingerprint density at radius 2 is 1.76 bits per heavy atom. The van der Waals surface area contributed by atoms with E-state index < -0.39 is 0 Å². The Morgan fingerprint density at radius 3 is 2.40 bits per heavy atom. The first-order chi connectivity index (χ1) is 12.2. The molecule has 0 spiro atoms. The highest BCUT2D eigenvalue weighted by Gasteiger charge is 2.21. The molecule has 3 rings (SSSR count). The standard InChI is InChI=1S/C20H25FN2O2/c1-24-19-5-3-4-15(20(19)25-2)14-23-12-10-18(11-13-23)22-17-8-6-16(21)7-9-17/h3-9,18,22H,10-14H2,1-2H3. The number of hydrogen-bond acceptors (Lipinski definition) is 4. The lowest BCUT2D eigenvalue weighted by atomic mass is 10.0. The van der Waals surface area contributed by atoms with Crippen LogP contribution < -0.4 is 14.8 Å². The number of para-hydroxylation sites is 1. The van der Waals surface area contributed by atoms with Crippen LogP contribution in [0.4, 0.5) is 10.1 Å². The van der Waals surface area contributed by atoms with E-state index in [0.717, 1.165) is 55.2 Å². The molecular weight excluding hydrogens is 319 g/mol. The molecule has 0 radical (unpaired) electrons. The zero-order valence-electron chi connectivity index (χ0n) is 14.8. The first-order valence-corrected chi connectivity index (χ1v) is 8.64. The topological polar surface area (TPSA) is 33.7 Å². The fraction of sp³-hybridized carbons (Fsp3) is 0.400. The number of benzene rings is 2. The van der Waals surface area contributed by atoms with Crippen molar-refractivity contribution >= 4 is 5.69 Å². The first-order valence-electron chi connectivity index (χ1n) is 8.64. The number of piperidine rings is 1. The van der Waals surface area contributed by atoms with E-state index in [1.165, 1.54) is 12.1 Å². The number of ether oxygens (including phenoxy) is 2. The molecule has 1 saturated heterocycles. The van der Waals surface area contributed by atoms with Crippen molar-refractivity contribution in [3.05, 3.63) is 53.8 Å². The average molecular weight is 344 g/mol. The Kier molecular flexibility index (Phi) is 5.76. The van der Waals surface area contributed by atoms with E-state index in [-0.39, 0.29) is 5.82 Å². The van der Waals surface area contributed by atoms with Gasteiger partial charge in [-0.2, -0.15) is 0 Å². The monoisotopic (exact) mass is 344 g/mol. The van der Waals surface area contributed by atoms with Crippen LogP contribution in [0.1, 0.15) is 18.4 Å². The third-order valence-electron chi connectivity index (χ3n) is 4.68. The molecule has 1 heterocycles. The Hall–Kier alpha value is -2.27. The summed E-state index contributed by atoms with van der Waals surface area (Å²) in [6.45, 7) is 2.88. The predicted molar refractivity (Wildman–Crippen MR) is 97.9 cm³/mol. The molecule has 0 amide bonds. The van der Waals surface area contributed by atoms with Crippen LogP contribution >= 0.6 is 0 Å². The van der Waals surface area contributed by atoms with E-state index >= 15 is 0 Å². The Labute approximate surface area is 148 Å². The quantitative estimate of drug-likeness (QED) is 0.861. The van der Waals surface area contributed by atoms with Crippen LogP contribution in [0.25, 0.3) is 0 Å². The van der Waals surface area contributed by atoms with Gasteiger partial charge in [-0.1, -0.05) is 12.1 Å². The van der Waals surface area contributed by atoms with Gasteiger partial charge in [0.05, 0.1) is 14.2 Å². The maximum Gasteiger partial charge on any atom is 0.165 e. The van der Waals surface area contributed by atoms with E-state index in [1.54, 1.807) is 26.4 Å². The normalized spacial score (nSPS) is 15.8. The molecule has 0 atom stereocenters. The molecule has 1 fully saturated rings. The summed E-state index contributed by atoms with van der Waals surface area (Å²) in [5, 5.41) is 3.50. The Morgan fingerprint density at radius 1 is 1.04 bits per heavy atom. The minimum atomic E-state index is -0.201. The number of nitrogens with zero attached hydrogens (tertiary/aromatic N) is 1. The fourth-order valence-corrected chi connectivity index (χ4v) is 3.34. The van der Waals surface area contributed by atoms with Gasteiger partial charge in [0.1, 0.15) is 5.82 Å². The number of hydrogen-bond donors (Lipinski definition) is 1. The molecule has 0 saturated carbocycles. The van der Waals surface area contributed by atoms with Crippen LogP contribution in [-0.4, -0.2) is 38.3 Å². The van der Waals surface area contributed by atoms with Gasteiger partial charge in [0.2, 0.25) is 0 Å². The van der Waals surface area contributed by atoms with Crippen LogP contribution in [0.5, 0.6) is 11.5 Å². The molecule has 1 aliphatic heterocycles. The first kappa shape index (κ1) is 17.5. The molecular formula is C20H25FN2O2. The van der Waals surface area contributed by atoms with Gasteiger partial charge in [0.15, 0.2) is 11.5 Å². The summed E-state index contributed by atoms with van der Waals surface area (Å²) < 4.78 is 23.9. The van der Waals surface area contributed by atoms with E-state index in [4.69, 9.17) is 9.47 Å². The summed E-state index contributed by atoms with van der Waals surface area (Å²) in [6.07, 6.45) is 2.12. The smallest absolute Gasteiger partial charge is 0.165 e. The third-order valence-corrected chi connectivity index (χ3v) is 4.68. The number of halogens is 1. The van der Waals surface area contributed by atoms with Gasteiger partial charge in [0, 0.05) is 36.9 Å². The minimum Gasteiger partial charge on any atom is -0.493 e. The Balaban J connectivity index is 1.55. The highest BCUT2D eigenvalue weighted by atomic mass is 19.1. The molecule has 4 nitrogen and oxygen atoms in total. The summed E-state index contributed by atoms with van der Waals surface area (Å²) in [5.74, 6) is 1.39. The number of methoxy groups -OCH3 is 2. The van der Waals surface area contributed by atoms with Crippen LogP contribution in [0, 0.1) is 5.82 Å². The summed E-state index contributed by atoms with van der Waals surface area (Å²) in [7, 11) is 3.34. The van der Waals surface area contributed by atoms with Crippen LogP contribution in [0.2, 0.25) is 0 Å². The van der Waals surface area contributed by atoms with Crippen molar-refractivity contribution in [3.63, 3.8) is 0 Å². The molecule has 1 N–H and O–H groups in total. The number of likely N-dealkylation sites (tertiary alicyclic amines) is 1.